The number of hydrogen-bond acceptors (Lipinski definition) is 3. The number of aromatic nitrogens is 1. The lowest BCUT2D eigenvalue weighted by Gasteiger charge is -2.12. The lowest BCUT2D eigenvalue weighted by molar-refractivity contribution is -0.131. The predicted molar refractivity (Wildman–Crippen MR) is 59.7 cm³/mol. The van der Waals surface area contributed by atoms with Crippen molar-refractivity contribution >= 4 is 5.91 Å². The molecule has 16 heavy (non-hydrogen) atoms. The van der Waals surface area contributed by atoms with Crippen LogP contribution < -0.4 is 0 Å². The van der Waals surface area contributed by atoms with E-state index in [-0.39, 0.29) is 5.92 Å². The van der Waals surface area contributed by atoms with Gasteiger partial charge in [-0.1, -0.05) is 6.92 Å². The van der Waals surface area contributed by atoms with Crippen LogP contribution in [0.1, 0.15) is 26.0 Å². The molecule has 1 aromatic heterocycles. The molecule has 0 saturated carbocycles. The van der Waals surface area contributed by atoms with E-state index < -0.39 is 0 Å². The monoisotopic (exact) mass is 222 g/mol. The first-order valence-corrected chi connectivity index (χ1v) is 5.92. The highest BCUT2D eigenvalue weighted by Crippen LogP contribution is 2.30. The molecule has 2 unspecified atom stereocenters. The lowest BCUT2D eigenvalue weighted by Crippen LogP contribution is -2.26. The van der Waals surface area contributed by atoms with Crippen molar-refractivity contribution in [3.05, 3.63) is 18.4 Å². The first-order chi connectivity index (χ1) is 7.76. The summed E-state index contributed by atoms with van der Waals surface area (Å²) in [4.78, 5) is 17.8. The molecular formula is C12H18N2O2. The molecule has 1 amide bonds. The Bertz CT molecular complexity index is 348. The Hall–Kier alpha value is -1.32. The Morgan fingerprint density at radius 1 is 1.56 bits per heavy atom. The molecule has 1 aliphatic rings. The van der Waals surface area contributed by atoms with Crippen LogP contribution in [0.25, 0.3) is 0 Å². The van der Waals surface area contributed by atoms with E-state index in [9.17, 15) is 4.79 Å². The van der Waals surface area contributed by atoms with Crippen molar-refractivity contribution in [2.24, 2.45) is 11.8 Å². The molecule has 0 aliphatic carbocycles. The molecule has 0 radical (unpaired) electrons. The Morgan fingerprint density at radius 2 is 2.38 bits per heavy atom. The highest BCUT2D eigenvalue weighted by atomic mass is 16.3. The Morgan fingerprint density at radius 3 is 2.94 bits per heavy atom. The van der Waals surface area contributed by atoms with Crippen molar-refractivity contribution in [3.63, 3.8) is 0 Å². The molecule has 0 bridgehead atoms. The molecule has 4 heteroatoms. The van der Waals surface area contributed by atoms with Crippen LogP contribution in [0.2, 0.25) is 0 Å². The zero-order chi connectivity index (χ0) is 11.5. The molecule has 0 spiro atoms. The maximum Gasteiger partial charge on any atom is 0.226 e. The molecular weight excluding hydrogens is 204 g/mol. The number of nitrogens with zero attached hydrogens (tertiary/aromatic N) is 2. The van der Waals surface area contributed by atoms with Crippen LogP contribution in [0.3, 0.4) is 0 Å². The molecule has 0 aromatic carbocycles. The fourth-order valence-corrected chi connectivity index (χ4v) is 2.54. The minimum absolute atomic E-state index is 0.157. The topological polar surface area (TPSA) is 46.3 Å². The zero-order valence-electron chi connectivity index (χ0n) is 9.85. The van der Waals surface area contributed by atoms with Gasteiger partial charge in [0.2, 0.25) is 5.91 Å². The molecule has 1 fully saturated rings. The summed E-state index contributed by atoms with van der Waals surface area (Å²) in [6, 6.07) is 0. The normalized spacial score (nSPS) is 25.4. The molecule has 1 saturated heterocycles. The number of carbonyl (C=O) groups excluding carboxylic acids is 1. The van der Waals surface area contributed by atoms with E-state index in [1.807, 2.05) is 11.8 Å². The van der Waals surface area contributed by atoms with Gasteiger partial charge in [-0.2, -0.15) is 0 Å². The summed E-state index contributed by atoms with van der Waals surface area (Å²) >= 11 is 0. The number of carbonyl (C=O) groups is 1. The van der Waals surface area contributed by atoms with Crippen molar-refractivity contribution < 1.29 is 9.21 Å². The number of hydrogen-bond donors (Lipinski definition) is 0. The number of rotatable bonds is 4. The maximum absolute atomic E-state index is 12.0. The van der Waals surface area contributed by atoms with Crippen molar-refractivity contribution in [2.45, 2.75) is 26.7 Å². The summed E-state index contributed by atoms with van der Waals surface area (Å²) in [6.45, 7) is 5.77. The molecule has 88 valence electrons. The average Bonchev–Trinajstić information content (AvgIpc) is 2.87. The first-order valence-electron chi connectivity index (χ1n) is 5.92. The van der Waals surface area contributed by atoms with E-state index in [0.717, 1.165) is 31.7 Å². The number of likely N-dealkylation sites (tertiary alicyclic amines) is 1. The van der Waals surface area contributed by atoms with E-state index in [1.54, 1.807) is 6.20 Å². The molecule has 1 aromatic rings. The summed E-state index contributed by atoms with van der Waals surface area (Å²) in [5.41, 5.74) is 0. The third-order valence-corrected chi connectivity index (χ3v) is 3.42. The second kappa shape index (κ2) is 4.68. The number of oxazole rings is 1. The van der Waals surface area contributed by atoms with Crippen LogP contribution in [0.4, 0.5) is 0 Å². The zero-order valence-corrected chi connectivity index (χ0v) is 9.85. The highest BCUT2D eigenvalue weighted by Gasteiger charge is 2.38. The Balaban J connectivity index is 2.06. The second-order valence-corrected chi connectivity index (χ2v) is 4.32. The predicted octanol–water partition coefficient (Wildman–Crippen LogP) is 1.72. The fraction of sp³-hybridized carbons (Fsp3) is 0.667. The maximum atomic E-state index is 12.0. The van der Waals surface area contributed by atoms with Gasteiger partial charge in [0.1, 0.15) is 5.76 Å². The van der Waals surface area contributed by atoms with Crippen LogP contribution >= 0.6 is 0 Å². The molecule has 2 rings (SSSR count). The summed E-state index contributed by atoms with van der Waals surface area (Å²) in [5, 5.41) is 0. The Labute approximate surface area is 95.6 Å². The summed E-state index contributed by atoms with van der Waals surface area (Å²) in [5.74, 6) is 1.72. The van der Waals surface area contributed by atoms with Crippen molar-refractivity contribution in [3.8, 4) is 0 Å². The van der Waals surface area contributed by atoms with Gasteiger partial charge in [0.05, 0.1) is 6.20 Å². The van der Waals surface area contributed by atoms with E-state index in [0.29, 0.717) is 11.8 Å². The van der Waals surface area contributed by atoms with Crippen LogP contribution in [0.5, 0.6) is 0 Å². The van der Waals surface area contributed by atoms with Gasteiger partial charge in [0, 0.05) is 25.4 Å². The van der Waals surface area contributed by atoms with Gasteiger partial charge in [-0.05, 0) is 19.3 Å². The van der Waals surface area contributed by atoms with Crippen molar-refractivity contribution in [2.75, 3.05) is 13.1 Å². The molecule has 2 atom stereocenters. The second-order valence-electron chi connectivity index (χ2n) is 4.32. The minimum atomic E-state index is 0.157. The molecule has 2 heterocycles. The summed E-state index contributed by atoms with van der Waals surface area (Å²) < 4.78 is 5.25. The van der Waals surface area contributed by atoms with Crippen molar-refractivity contribution in [1.82, 2.24) is 9.88 Å². The minimum Gasteiger partial charge on any atom is -0.449 e. The van der Waals surface area contributed by atoms with Gasteiger partial charge >= 0.3 is 0 Å². The summed E-state index contributed by atoms with van der Waals surface area (Å²) in [6.07, 6.45) is 4.92. The van der Waals surface area contributed by atoms with Gasteiger partial charge in [-0.25, -0.2) is 4.98 Å². The van der Waals surface area contributed by atoms with Gasteiger partial charge in [0.15, 0.2) is 6.39 Å². The van der Waals surface area contributed by atoms with Crippen LogP contribution in [0.15, 0.2) is 17.0 Å². The largest absolute Gasteiger partial charge is 0.449 e. The number of amides is 1. The third-order valence-electron chi connectivity index (χ3n) is 3.42. The van der Waals surface area contributed by atoms with E-state index in [1.165, 1.54) is 6.39 Å². The Kier molecular flexibility index (Phi) is 3.27. The van der Waals surface area contributed by atoms with Crippen LogP contribution in [-0.4, -0.2) is 28.9 Å². The van der Waals surface area contributed by atoms with Crippen LogP contribution in [0, 0.1) is 11.8 Å². The van der Waals surface area contributed by atoms with E-state index >= 15 is 0 Å². The van der Waals surface area contributed by atoms with Gasteiger partial charge in [-0.3, -0.25) is 4.79 Å². The van der Waals surface area contributed by atoms with Crippen molar-refractivity contribution in [1.29, 1.82) is 0 Å². The fourth-order valence-electron chi connectivity index (χ4n) is 2.54. The van der Waals surface area contributed by atoms with E-state index in [4.69, 9.17) is 4.42 Å². The molecule has 1 aliphatic heterocycles. The highest BCUT2D eigenvalue weighted by molar-refractivity contribution is 5.81. The molecule has 0 N–H and O–H groups in total. The van der Waals surface area contributed by atoms with Gasteiger partial charge in [0.25, 0.3) is 0 Å². The third kappa shape index (κ3) is 1.96. The smallest absolute Gasteiger partial charge is 0.226 e. The van der Waals surface area contributed by atoms with Gasteiger partial charge in [-0.15, -0.1) is 0 Å². The first kappa shape index (κ1) is 11.2. The average molecular weight is 222 g/mol. The summed E-state index contributed by atoms with van der Waals surface area (Å²) in [7, 11) is 0. The molecule has 4 nitrogen and oxygen atoms in total. The standard InChI is InChI=1S/C12H18N2O2/c1-3-11-9(5-10-6-13-8-16-10)7-14(4-2)12(11)15/h6,8-9,11H,3-5,7H2,1-2H3. The van der Waals surface area contributed by atoms with E-state index in [2.05, 4.69) is 11.9 Å². The lowest BCUT2D eigenvalue weighted by atomic mass is 9.90. The quantitative estimate of drug-likeness (QED) is 0.779. The van der Waals surface area contributed by atoms with Gasteiger partial charge < -0.3 is 9.32 Å². The SMILES string of the molecule is CCC1C(=O)N(CC)CC1Cc1cnco1. The van der Waals surface area contributed by atoms with Crippen LogP contribution in [-0.2, 0) is 11.2 Å².